The van der Waals surface area contributed by atoms with Crippen LogP contribution >= 0.6 is 23.2 Å². The van der Waals surface area contributed by atoms with Gasteiger partial charge in [0.05, 0.1) is 29.7 Å². The summed E-state index contributed by atoms with van der Waals surface area (Å²) in [6.07, 6.45) is -0.924. The molecule has 6 nitrogen and oxygen atoms in total. The van der Waals surface area contributed by atoms with E-state index in [0.717, 1.165) is 18.8 Å². The highest BCUT2D eigenvalue weighted by Crippen LogP contribution is 2.23. The lowest BCUT2D eigenvalue weighted by atomic mass is 10.1. The number of morpholine rings is 1. The summed E-state index contributed by atoms with van der Waals surface area (Å²) in [6.45, 7) is 4.65. The standard InChI is InChI=1S/C21H22Cl2N2O4/c1-14(29-20(26)13-15-2-7-18(22)19(23)12-15)21(27)24-16-3-5-17(6-4-16)25-8-10-28-11-9-25/h2-7,12,14H,8-11,13H2,1H3,(H,24,27). The molecule has 0 bridgehead atoms. The number of hydrogen-bond donors (Lipinski definition) is 1. The van der Waals surface area contributed by atoms with Crippen LogP contribution in [0.1, 0.15) is 12.5 Å². The lowest BCUT2D eigenvalue weighted by Gasteiger charge is -2.28. The number of hydrogen-bond acceptors (Lipinski definition) is 5. The van der Waals surface area contributed by atoms with Gasteiger partial charge in [-0.15, -0.1) is 0 Å². The Kier molecular flexibility index (Phi) is 7.36. The SMILES string of the molecule is CC(OC(=O)Cc1ccc(Cl)c(Cl)c1)C(=O)Nc1ccc(N2CCOCC2)cc1. The van der Waals surface area contributed by atoms with E-state index in [0.29, 0.717) is 34.5 Å². The lowest BCUT2D eigenvalue weighted by molar-refractivity contribution is -0.152. The Bertz CT molecular complexity index is 867. The molecule has 1 aliphatic rings. The fourth-order valence-corrected chi connectivity index (χ4v) is 3.25. The Morgan fingerprint density at radius 2 is 1.79 bits per heavy atom. The smallest absolute Gasteiger partial charge is 0.311 e. The lowest BCUT2D eigenvalue weighted by Crippen LogP contribution is -2.36. The molecule has 2 aromatic rings. The highest BCUT2D eigenvalue weighted by molar-refractivity contribution is 6.42. The molecule has 2 aromatic carbocycles. The van der Waals surface area contributed by atoms with Crippen molar-refractivity contribution in [3.8, 4) is 0 Å². The summed E-state index contributed by atoms with van der Waals surface area (Å²) in [4.78, 5) is 26.7. The van der Waals surface area contributed by atoms with Gasteiger partial charge in [0.15, 0.2) is 6.10 Å². The van der Waals surface area contributed by atoms with E-state index in [4.69, 9.17) is 32.7 Å². The minimum absolute atomic E-state index is 0.00273. The summed E-state index contributed by atoms with van der Waals surface area (Å²) in [5, 5.41) is 3.54. The molecule has 0 aromatic heterocycles. The van der Waals surface area contributed by atoms with Crippen LogP contribution in [0.5, 0.6) is 0 Å². The Morgan fingerprint density at radius 3 is 2.45 bits per heavy atom. The third-order valence-electron chi connectivity index (χ3n) is 4.52. The number of benzene rings is 2. The van der Waals surface area contributed by atoms with Crippen LogP contribution in [-0.4, -0.2) is 44.3 Å². The molecular formula is C21H22Cl2N2O4. The first-order valence-corrected chi connectivity index (χ1v) is 10.0. The highest BCUT2D eigenvalue weighted by Gasteiger charge is 2.19. The van der Waals surface area contributed by atoms with Crippen LogP contribution in [0, 0.1) is 0 Å². The Morgan fingerprint density at radius 1 is 1.10 bits per heavy atom. The number of nitrogens with zero attached hydrogens (tertiary/aromatic N) is 1. The van der Waals surface area contributed by atoms with E-state index in [2.05, 4.69) is 10.2 Å². The minimum atomic E-state index is -0.927. The second kappa shape index (κ2) is 9.96. The molecule has 0 radical (unpaired) electrons. The number of anilines is 2. The van der Waals surface area contributed by atoms with E-state index in [1.165, 1.54) is 6.92 Å². The zero-order valence-electron chi connectivity index (χ0n) is 16.0. The predicted molar refractivity (Wildman–Crippen MR) is 114 cm³/mol. The van der Waals surface area contributed by atoms with E-state index in [1.807, 2.05) is 24.3 Å². The zero-order chi connectivity index (χ0) is 20.8. The van der Waals surface area contributed by atoms with Crippen LogP contribution in [-0.2, 0) is 25.5 Å². The molecule has 0 saturated carbocycles. The van der Waals surface area contributed by atoms with Crippen LogP contribution in [0.3, 0.4) is 0 Å². The monoisotopic (exact) mass is 436 g/mol. The first-order valence-electron chi connectivity index (χ1n) is 9.29. The molecule has 29 heavy (non-hydrogen) atoms. The summed E-state index contributed by atoms with van der Waals surface area (Å²) in [5.41, 5.74) is 2.38. The maximum absolute atomic E-state index is 12.3. The Labute approximate surface area is 179 Å². The first-order chi connectivity index (χ1) is 13.9. The molecule has 1 unspecified atom stereocenters. The third-order valence-corrected chi connectivity index (χ3v) is 5.26. The van der Waals surface area contributed by atoms with Crippen LogP contribution in [0.25, 0.3) is 0 Å². The van der Waals surface area contributed by atoms with Gasteiger partial charge in [0.1, 0.15) is 0 Å². The van der Waals surface area contributed by atoms with E-state index in [-0.39, 0.29) is 6.42 Å². The van der Waals surface area contributed by atoms with Gasteiger partial charge in [-0.2, -0.15) is 0 Å². The number of rotatable bonds is 6. The molecule has 1 N–H and O–H groups in total. The number of ether oxygens (including phenoxy) is 2. The van der Waals surface area contributed by atoms with Gasteiger partial charge in [-0.25, -0.2) is 0 Å². The van der Waals surface area contributed by atoms with E-state index in [9.17, 15) is 9.59 Å². The number of esters is 1. The maximum Gasteiger partial charge on any atom is 0.311 e. The largest absolute Gasteiger partial charge is 0.452 e. The van der Waals surface area contributed by atoms with E-state index in [1.54, 1.807) is 18.2 Å². The topological polar surface area (TPSA) is 67.9 Å². The summed E-state index contributed by atoms with van der Waals surface area (Å²) in [6, 6.07) is 12.5. The summed E-state index contributed by atoms with van der Waals surface area (Å²) in [7, 11) is 0. The normalized spacial score (nSPS) is 14.9. The molecular weight excluding hydrogens is 415 g/mol. The summed E-state index contributed by atoms with van der Waals surface area (Å²) < 4.78 is 10.6. The van der Waals surface area contributed by atoms with Gasteiger partial charge >= 0.3 is 5.97 Å². The van der Waals surface area contributed by atoms with Gasteiger partial charge in [-0.3, -0.25) is 9.59 Å². The van der Waals surface area contributed by atoms with Gasteiger partial charge in [0.2, 0.25) is 0 Å². The second-order valence-corrected chi connectivity index (χ2v) is 7.51. The molecule has 1 amide bonds. The van der Waals surface area contributed by atoms with Crippen molar-refractivity contribution in [1.29, 1.82) is 0 Å². The average Bonchev–Trinajstić information content (AvgIpc) is 2.72. The van der Waals surface area contributed by atoms with Crippen molar-refractivity contribution in [3.63, 3.8) is 0 Å². The molecule has 1 saturated heterocycles. The van der Waals surface area contributed by atoms with E-state index < -0.39 is 18.0 Å². The third kappa shape index (κ3) is 6.10. The molecule has 8 heteroatoms. The number of amides is 1. The molecule has 0 spiro atoms. The fraction of sp³-hybridized carbons (Fsp3) is 0.333. The van der Waals surface area contributed by atoms with Crippen LogP contribution < -0.4 is 10.2 Å². The molecule has 154 valence electrons. The van der Waals surface area contributed by atoms with Crippen molar-refractivity contribution in [3.05, 3.63) is 58.1 Å². The zero-order valence-corrected chi connectivity index (χ0v) is 17.5. The predicted octanol–water partition coefficient (Wildman–Crippen LogP) is 3.94. The summed E-state index contributed by atoms with van der Waals surface area (Å²) >= 11 is 11.8. The van der Waals surface area contributed by atoms with Crippen molar-refractivity contribution in [2.24, 2.45) is 0 Å². The van der Waals surface area contributed by atoms with Gasteiger partial charge in [-0.1, -0.05) is 29.3 Å². The van der Waals surface area contributed by atoms with Crippen molar-refractivity contribution < 1.29 is 19.1 Å². The van der Waals surface area contributed by atoms with Crippen molar-refractivity contribution in [1.82, 2.24) is 0 Å². The Balaban J connectivity index is 1.50. The van der Waals surface area contributed by atoms with Gasteiger partial charge in [-0.05, 0) is 48.9 Å². The van der Waals surface area contributed by atoms with Crippen LogP contribution in [0.4, 0.5) is 11.4 Å². The molecule has 1 atom stereocenters. The first kappa shape index (κ1) is 21.4. The van der Waals surface area contributed by atoms with Crippen molar-refractivity contribution >= 4 is 46.5 Å². The van der Waals surface area contributed by atoms with Crippen molar-refractivity contribution in [2.45, 2.75) is 19.4 Å². The highest BCUT2D eigenvalue weighted by atomic mass is 35.5. The summed E-state index contributed by atoms with van der Waals surface area (Å²) in [5.74, 6) is -0.916. The maximum atomic E-state index is 12.3. The van der Waals surface area contributed by atoms with Crippen LogP contribution in [0.15, 0.2) is 42.5 Å². The van der Waals surface area contributed by atoms with Gasteiger partial charge in [0.25, 0.3) is 5.91 Å². The molecule has 1 aliphatic heterocycles. The number of nitrogens with one attached hydrogen (secondary N) is 1. The quantitative estimate of drug-likeness (QED) is 0.694. The van der Waals surface area contributed by atoms with Crippen molar-refractivity contribution in [2.75, 3.05) is 36.5 Å². The number of halogens is 2. The molecule has 0 aliphatic carbocycles. The number of carbonyl (C=O) groups is 2. The number of carbonyl (C=O) groups excluding carboxylic acids is 2. The van der Waals surface area contributed by atoms with Gasteiger partial charge < -0.3 is 19.7 Å². The van der Waals surface area contributed by atoms with Crippen LogP contribution in [0.2, 0.25) is 10.0 Å². The minimum Gasteiger partial charge on any atom is -0.452 e. The Hall–Kier alpha value is -2.28. The second-order valence-electron chi connectivity index (χ2n) is 6.69. The molecule has 1 heterocycles. The molecule has 1 fully saturated rings. The van der Waals surface area contributed by atoms with E-state index >= 15 is 0 Å². The van der Waals surface area contributed by atoms with Gasteiger partial charge in [0, 0.05) is 24.5 Å². The molecule has 3 rings (SSSR count). The fourth-order valence-electron chi connectivity index (χ4n) is 2.93. The average molecular weight is 437 g/mol.